The fourth-order valence-corrected chi connectivity index (χ4v) is 2.76. The van der Waals surface area contributed by atoms with E-state index in [0.29, 0.717) is 5.92 Å². The average Bonchev–Trinajstić information content (AvgIpc) is 2.35. The largest absolute Gasteiger partial charge is 0.379 e. The maximum absolute atomic E-state index is 5.55. The molecule has 1 aliphatic rings. The molecule has 1 fully saturated rings. The van der Waals surface area contributed by atoms with Crippen LogP contribution >= 0.6 is 0 Å². The SMILES string of the molecule is CCC(C)C1CC(OC)C(OC)C(OC)C1. The fraction of sp³-hybridized carbons (Fsp3) is 1.00. The minimum atomic E-state index is 0.0790. The first-order valence-electron chi connectivity index (χ1n) is 6.26. The van der Waals surface area contributed by atoms with Gasteiger partial charge in [0.25, 0.3) is 0 Å². The molecule has 3 heteroatoms. The van der Waals surface area contributed by atoms with Gasteiger partial charge in [-0.15, -0.1) is 0 Å². The molecule has 0 spiro atoms. The van der Waals surface area contributed by atoms with E-state index in [9.17, 15) is 0 Å². The molecule has 16 heavy (non-hydrogen) atoms. The van der Waals surface area contributed by atoms with E-state index >= 15 is 0 Å². The highest BCUT2D eigenvalue weighted by atomic mass is 16.6. The molecule has 3 nitrogen and oxygen atoms in total. The van der Waals surface area contributed by atoms with Crippen molar-refractivity contribution >= 4 is 0 Å². The molecule has 0 saturated heterocycles. The monoisotopic (exact) mass is 230 g/mol. The Morgan fingerprint density at radius 3 is 1.81 bits per heavy atom. The van der Waals surface area contributed by atoms with Gasteiger partial charge in [-0.25, -0.2) is 0 Å². The molecule has 0 aromatic carbocycles. The first-order chi connectivity index (χ1) is 7.67. The van der Waals surface area contributed by atoms with Crippen molar-refractivity contribution in [1.29, 1.82) is 0 Å². The molecule has 0 aromatic rings. The van der Waals surface area contributed by atoms with Crippen molar-refractivity contribution in [2.24, 2.45) is 11.8 Å². The van der Waals surface area contributed by atoms with E-state index in [1.807, 2.05) is 0 Å². The van der Waals surface area contributed by atoms with Gasteiger partial charge in [0, 0.05) is 21.3 Å². The van der Waals surface area contributed by atoms with Crippen LogP contribution in [-0.2, 0) is 14.2 Å². The van der Waals surface area contributed by atoms with Crippen LogP contribution in [0.4, 0.5) is 0 Å². The Morgan fingerprint density at radius 1 is 1.00 bits per heavy atom. The van der Waals surface area contributed by atoms with Crippen LogP contribution < -0.4 is 0 Å². The second-order valence-electron chi connectivity index (χ2n) is 4.87. The van der Waals surface area contributed by atoms with Crippen LogP contribution in [0, 0.1) is 11.8 Å². The molecule has 0 aromatic heterocycles. The van der Waals surface area contributed by atoms with Crippen molar-refractivity contribution in [3.63, 3.8) is 0 Å². The van der Waals surface area contributed by atoms with E-state index in [1.165, 1.54) is 6.42 Å². The lowest BCUT2D eigenvalue weighted by Crippen LogP contribution is -2.48. The maximum Gasteiger partial charge on any atom is 0.109 e. The predicted molar refractivity (Wildman–Crippen MR) is 64.6 cm³/mol. The standard InChI is InChI=1S/C13H26O3/c1-6-9(2)10-7-11(14-3)13(16-5)12(8-10)15-4/h9-13H,6-8H2,1-5H3. The van der Waals surface area contributed by atoms with Gasteiger partial charge >= 0.3 is 0 Å². The molecule has 0 aliphatic heterocycles. The summed E-state index contributed by atoms with van der Waals surface area (Å²) in [4.78, 5) is 0. The van der Waals surface area contributed by atoms with Crippen molar-refractivity contribution < 1.29 is 14.2 Å². The molecule has 0 amide bonds. The first-order valence-corrected chi connectivity index (χ1v) is 6.26. The maximum atomic E-state index is 5.55. The third kappa shape index (κ3) is 2.96. The summed E-state index contributed by atoms with van der Waals surface area (Å²) < 4.78 is 16.6. The van der Waals surface area contributed by atoms with E-state index in [1.54, 1.807) is 21.3 Å². The van der Waals surface area contributed by atoms with Crippen molar-refractivity contribution in [2.75, 3.05) is 21.3 Å². The minimum Gasteiger partial charge on any atom is -0.379 e. The Hall–Kier alpha value is -0.120. The van der Waals surface area contributed by atoms with Gasteiger partial charge in [0.05, 0.1) is 12.2 Å². The number of rotatable bonds is 5. The van der Waals surface area contributed by atoms with E-state index in [2.05, 4.69) is 13.8 Å². The summed E-state index contributed by atoms with van der Waals surface area (Å²) >= 11 is 0. The second-order valence-corrected chi connectivity index (χ2v) is 4.87. The van der Waals surface area contributed by atoms with Crippen LogP contribution in [0.2, 0.25) is 0 Å². The molecule has 1 rings (SSSR count). The van der Waals surface area contributed by atoms with Crippen LogP contribution in [0.15, 0.2) is 0 Å². The number of hydrogen-bond donors (Lipinski definition) is 0. The molecule has 0 radical (unpaired) electrons. The summed E-state index contributed by atoms with van der Waals surface area (Å²) in [5.41, 5.74) is 0. The minimum absolute atomic E-state index is 0.0790. The van der Waals surface area contributed by atoms with Crippen LogP contribution in [0.3, 0.4) is 0 Å². The van der Waals surface area contributed by atoms with Gasteiger partial charge in [-0.2, -0.15) is 0 Å². The lowest BCUT2D eigenvalue weighted by Gasteiger charge is -2.41. The molecule has 3 atom stereocenters. The third-order valence-corrected chi connectivity index (χ3v) is 4.13. The van der Waals surface area contributed by atoms with Gasteiger partial charge in [0.15, 0.2) is 0 Å². The summed E-state index contributed by atoms with van der Waals surface area (Å²) in [7, 11) is 5.27. The quantitative estimate of drug-likeness (QED) is 0.726. The normalized spacial score (nSPS) is 37.3. The summed E-state index contributed by atoms with van der Waals surface area (Å²) in [6.07, 6.45) is 3.81. The Balaban J connectivity index is 2.69. The highest BCUT2D eigenvalue weighted by Crippen LogP contribution is 2.35. The third-order valence-electron chi connectivity index (χ3n) is 4.13. The zero-order valence-corrected chi connectivity index (χ0v) is 11.2. The van der Waals surface area contributed by atoms with E-state index in [4.69, 9.17) is 14.2 Å². The molecular formula is C13H26O3. The average molecular weight is 230 g/mol. The summed E-state index contributed by atoms with van der Waals surface area (Å²) in [6, 6.07) is 0. The van der Waals surface area contributed by atoms with E-state index < -0.39 is 0 Å². The summed E-state index contributed by atoms with van der Waals surface area (Å²) in [5, 5.41) is 0. The molecule has 1 aliphatic carbocycles. The van der Waals surface area contributed by atoms with Gasteiger partial charge in [0.1, 0.15) is 6.10 Å². The molecule has 0 bridgehead atoms. The lowest BCUT2D eigenvalue weighted by atomic mass is 9.76. The zero-order chi connectivity index (χ0) is 12.1. The highest BCUT2D eigenvalue weighted by Gasteiger charge is 2.39. The van der Waals surface area contributed by atoms with Crippen molar-refractivity contribution in [3.05, 3.63) is 0 Å². The van der Waals surface area contributed by atoms with Crippen LogP contribution in [-0.4, -0.2) is 39.6 Å². The molecule has 0 heterocycles. The van der Waals surface area contributed by atoms with Crippen LogP contribution in [0.1, 0.15) is 33.1 Å². The Labute approximate surface area is 99.5 Å². The van der Waals surface area contributed by atoms with Gasteiger partial charge < -0.3 is 14.2 Å². The van der Waals surface area contributed by atoms with E-state index in [0.717, 1.165) is 18.8 Å². The van der Waals surface area contributed by atoms with Crippen molar-refractivity contribution in [3.8, 4) is 0 Å². The van der Waals surface area contributed by atoms with Crippen LogP contribution in [0.5, 0.6) is 0 Å². The van der Waals surface area contributed by atoms with Gasteiger partial charge in [-0.3, -0.25) is 0 Å². The highest BCUT2D eigenvalue weighted by molar-refractivity contribution is 4.90. The fourth-order valence-electron chi connectivity index (χ4n) is 2.76. The Morgan fingerprint density at radius 2 is 1.50 bits per heavy atom. The van der Waals surface area contributed by atoms with Gasteiger partial charge in [-0.1, -0.05) is 20.3 Å². The number of hydrogen-bond acceptors (Lipinski definition) is 3. The predicted octanol–water partition coefficient (Wildman–Crippen LogP) is 2.49. The van der Waals surface area contributed by atoms with Crippen LogP contribution in [0.25, 0.3) is 0 Å². The lowest BCUT2D eigenvalue weighted by molar-refractivity contribution is -0.145. The smallest absolute Gasteiger partial charge is 0.109 e. The zero-order valence-electron chi connectivity index (χ0n) is 11.2. The summed E-state index contributed by atoms with van der Waals surface area (Å²) in [6.45, 7) is 4.56. The van der Waals surface area contributed by atoms with Crippen molar-refractivity contribution in [1.82, 2.24) is 0 Å². The van der Waals surface area contributed by atoms with Gasteiger partial charge in [0.2, 0.25) is 0 Å². The van der Waals surface area contributed by atoms with Crippen molar-refractivity contribution in [2.45, 2.75) is 51.4 Å². The molecule has 3 unspecified atom stereocenters. The number of methoxy groups -OCH3 is 3. The van der Waals surface area contributed by atoms with E-state index in [-0.39, 0.29) is 18.3 Å². The number of ether oxygens (including phenoxy) is 3. The first kappa shape index (κ1) is 13.9. The Kier molecular flexibility index (Phi) is 5.73. The second kappa shape index (κ2) is 6.58. The summed E-state index contributed by atoms with van der Waals surface area (Å²) in [5.74, 6) is 1.42. The van der Waals surface area contributed by atoms with Gasteiger partial charge in [-0.05, 0) is 24.7 Å². The molecule has 96 valence electrons. The molecular weight excluding hydrogens is 204 g/mol. The molecule has 0 N–H and O–H groups in total. The molecule has 1 saturated carbocycles. The topological polar surface area (TPSA) is 27.7 Å². The Bertz CT molecular complexity index is 182.